The highest BCUT2D eigenvalue weighted by atomic mass is 35.5. The number of carbonyl (C=O) groups excluding carboxylic acids is 3. The first-order valence-corrected chi connectivity index (χ1v) is 8.64. The summed E-state index contributed by atoms with van der Waals surface area (Å²) in [7, 11) is 0. The molecule has 25 heavy (non-hydrogen) atoms. The van der Waals surface area contributed by atoms with Gasteiger partial charge in [0.25, 0.3) is 17.4 Å². The smallest absolute Gasteiger partial charge is 0.278 e. The summed E-state index contributed by atoms with van der Waals surface area (Å²) < 4.78 is 5.62. The molecule has 2 heterocycles. The van der Waals surface area contributed by atoms with Crippen LogP contribution >= 0.6 is 11.6 Å². The van der Waals surface area contributed by atoms with E-state index >= 15 is 0 Å². The van der Waals surface area contributed by atoms with Crippen molar-refractivity contribution in [1.29, 1.82) is 0 Å². The second-order valence-corrected chi connectivity index (χ2v) is 6.79. The van der Waals surface area contributed by atoms with Gasteiger partial charge in [0.1, 0.15) is 5.75 Å². The van der Waals surface area contributed by atoms with Gasteiger partial charge in [-0.2, -0.15) is 0 Å². The van der Waals surface area contributed by atoms with Crippen molar-refractivity contribution in [2.75, 3.05) is 25.0 Å². The molecule has 7 nitrogen and oxygen atoms in total. The molecule has 0 aromatic heterocycles. The van der Waals surface area contributed by atoms with Crippen molar-refractivity contribution in [2.45, 2.75) is 31.8 Å². The molecule has 0 aliphatic carbocycles. The number of hydrogen-bond donors (Lipinski definition) is 2. The predicted octanol–water partition coefficient (Wildman–Crippen LogP) is 1.56. The van der Waals surface area contributed by atoms with E-state index in [1.54, 1.807) is 23.1 Å². The highest BCUT2D eigenvalue weighted by molar-refractivity contribution is 6.31. The van der Waals surface area contributed by atoms with E-state index < -0.39 is 17.4 Å². The summed E-state index contributed by atoms with van der Waals surface area (Å²) in [6.07, 6.45) is 3.07. The zero-order valence-electron chi connectivity index (χ0n) is 13.9. The van der Waals surface area contributed by atoms with Crippen molar-refractivity contribution >= 4 is 35.0 Å². The fourth-order valence-corrected chi connectivity index (χ4v) is 3.10. The second-order valence-electron chi connectivity index (χ2n) is 6.35. The first-order chi connectivity index (χ1) is 11.9. The number of likely N-dealkylation sites (tertiary alicyclic amines) is 1. The Morgan fingerprint density at radius 1 is 1.32 bits per heavy atom. The summed E-state index contributed by atoms with van der Waals surface area (Å²) in [5.74, 6) is -1.06. The van der Waals surface area contributed by atoms with E-state index in [9.17, 15) is 14.4 Å². The number of piperidine rings is 1. The average molecular weight is 366 g/mol. The highest BCUT2D eigenvalue weighted by Gasteiger charge is 2.47. The molecule has 3 amide bonds. The van der Waals surface area contributed by atoms with Gasteiger partial charge in [-0.05, 0) is 44.4 Å². The minimum atomic E-state index is -1.75. The Hall–Kier alpha value is -2.28. The topological polar surface area (TPSA) is 87.7 Å². The van der Waals surface area contributed by atoms with Gasteiger partial charge in [-0.25, -0.2) is 0 Å². The third kappa shape index (κ3) is 3.56. The van der Waals surface area contributed by atoms with Gasteiger partial charge in [-0.15, -0.1) is 0 Å². The van der Waals surface area contributed by atoms with Gasteiger partial charge in [0.2, 0.25) is 5.91 Å². The fourth-order valence-electron chi connectivity index (χ4n) is 2.93. The number of nitrogens with zero attached hydrogens (tertiary/aromatic N) is 1. The van der Waals surface area contributed by atoms with Crippen LogP contribution in [0.2, 0.25) is 5.02 Å². The lowest BCUT2D eigenvalue weighted by atomic mass is 10.0. The van der Waals surface area contributed by atoms with Crippen LogP contribution in [0.5, 0.6) is 5.75 Å². The summed E-state index contributed by atoms with van der Waals surface area (Å²) >= 11 is 5.89. The summed E-state index contributed by atoms with van der Waals surface area (Å²) in [6, 6.07) is 4.74. The maximum Gasteiger partial charge on any atom is 0.278 e. The molecule has 1 unspecified atom stereocenters. The van der Waals surface area contributed by atoms with Crippen LogP contribution in [-0.2, 0) is 14.4 Å². The molecule has 0 saturated carbocycles. The normalized spacial score (nSPS) is 22.5. The van der Waals surface area contributed by atoms with Gasteiger partial charge >= 0.3 is 0 Å². The molecule has 0 radical (unpaired) electrons. The van der Waals surface area contributed by atoms with E-state index in [-0.39, 0.29) is 12.5 Å². The molecule has 1 aromatic rings. The Labute approximate surface area is 150 Å². The predicted molar refractivity (Wildman–Crippen MR) is 92.6 cm³/mol. The van der Waals surface area contributed by atoms with Crippen LogP contribution < -0.4 is 15.4 Å². The van der Waals surface area contributed by atoms with E-state index in [0.29, 0.717) is 29.5 Å². The first-order valence-electron chi connectivity index (χ1n) is 8.26. The molecular weight excluding hydrogens is 346 g/mol. The third-order valence-corrected chi connectivity index (χ3v) is 4.71. The molecule has 8 heteroatoms. The molecule has 1 saturated heterocycles. The SMILES string of the molecule is CC1(C(=O)NCC(=O)N2CCCCC2)Oc2ccc(Cl)cc2NC1=O. The van der Waals surface area contributed by atoms with Crippen LogP contribution in [0.1, 0.15) is 26.2 Å². The summed E-state index contributed by atoms with van der Waals surface area (Å²) in [5.41, 5.74) is -1.34. The lowest BCUT2D eigenvalue weighted by Gasteiger charge is -2.33. The number of nitrogens with one attached hydrogen (secondary N) is 2. The van der Waals surface area contributed by atoms with Crippen LogP contribution in [0.3, 0.4) is 0 Å². The molecule has 3 rings (SSSR count). The molecular formula is C17H20ClN3O4. The molecule has 134 valence electrons. The number of carbonyl (C=O) groups is 3. The van der Waals surface area contributed by atoms with Gasteiger partial charge in [-0.3, -0.25) is 14.4 Å². The fraction of sp³-hybridized carbons (Fsp3) is 0.471. The number of anilines is 1. The number of rotatable bonds is 3. The van der Waals surface area contributed by atoms with E-state index in [1.165, 1.54) is 6.92 Å². The number of hydrogen-bond acceptors (Lipinski definition) is 4. The number of fused-ring (bicyclic) bond motifs is 1. The third-order valence-electron chi connectivity index (χ3n) is 4.48. The Morgan fingerprint density at radius 3 is 2.76 bits per heavy atom. The quantitative estimate of drug-likeness (QED) is 0.796. The Kier molecular flexibility index (Phi) is 4.85. The second kappa shape index (κ2) is 6.92. The van der Waals surface area contributed by atoms with Crippen LogP contribution in [-0.4, -0.2) is 47.9 Å². The number of halogens is 1. The van der Waals surface area contributed by atoms with Crippen molar-refractivity contribution in [1.82, 2.24) is 10.2 Å². The minimum Gasteiger partial charge on any atom is -0.466 e. The van der Waals surface area contributed by atoms with Crippen LogP contribution in [0, 0.1) is 0 Å². The van der Waals surface area contributed by atoms with Crippen LogP contribution in [0.25, 0.3) is 0 Å². The van der Waals surface area contributed by atoms with E-state index in [1.807, 2.05) is 0 Å². The lowest BCUT2D eigenvalue weighted by Crippen LogP contribution is -2.59. The molecule has 2 aliphatic rings. The maximum absolute atomic E-state index is 12.5. The van der Waals surface area contributed by atoms with Crippen molar-refractivity contribution in [3.63, 3.8) is 0 Å². The summed E-state index contributed by atoms with van der Waals surface area (Å²) in [4.78, 5) is 38.7. The average Bonchev–Trinajstić information content (AvgIpc) is 2.61. The zero-order chi connectivity index (χ0) is 18.0. The van der Waals surface area contributed by atoms with Gasteiger partial charge in [-0.1, -0.05) is 11.6 Å². The minimum absolute atomic E-state index is 0.153. The molecule has 1 aromatic carbocycles. The zero-order valence-corrected chi connectivity index (χ0v) is 14.7. The van der Waals surface area contributed by atoms with Gasteiger partial charge < -0.3 is 20.3 Å². The monoisotopic (exact) mass is 365 g/mol. The van der Waals surface area contributed by atoms with Crippen molar-refractivity contribution in [3.05, 3.63) is 23.2 Å². The molecule has 0 spiro atoms. The molecule has 2 aliphatic heterocycles. The summed E-state index contributed by atoms with van der Waals surface area (Å²) in [5, 5.41) is 5.59. The summed E-state index contributed by atoms with van der Waals surface area (Å²) in [6.45, 7) is 2.63. The first kappa shape index (κ1) is 17.5. The molecule has 1 atom stereocenters. The van der Waals surface area contributed by atoms with Gasteiger partial charge in [0, 0.05) is 18.1 Å². The van der Waals surface area contributed by atoms with E-state index in [2.05, 4.69) is 10.6 Å². The maximum atomic E-state index is 12.5. The highest BCUT2D eigenvalue weighted by Crippen LogP contribution is 2.35. The molecule has 1 fully saturated rings. The van der Waals surface area contributed by atoms with Crippen molar-refractivity contribution in [3.8, 4) is 5.75 Å². The number of amides is 3. The standard InChI is InChI=1S/C17H20ClN3O4/c1-17(15(23)19-10-14(22)21-7-3-2-4-8-21)16(24)20-12-9-11(18)5-6-13(12)25-17/h5-6,9H,2-4,7-8,10H2,1H3,(H,19,23)(H,20,24). The van der Waals surface area contributed by atoms with Gasteiger partial charge in [0.15, 0.2) is 0 Å². The number of ether oxygens (including phenoxy) is 1. The Morgan fingerprint density at radius 2 is 2.04 bits per heavy atom. The van der Waals surface area contributed by atoms with Gasteiger partial charge in [0.05, 0.1) is 12.2 Å². The molecule has 2 N–H and O–H groups in total. The molecule has 0 bridgehead atoms. The van der Waals surface area contributed by atoms with E-state index in [0.717, 1.165) is 19.3 Å². The largest absolute Gasteiger partial charge is 0.466 e. The number of benzene rings is 1. The van der Waals surface area contributed by atoms with Crippen molar-refractivity contribution < 1.29 is 19.1 Å². The van der Waals surface area contributed by atoms with E-state index in [4.69, 9.17) is 16.3 Å². The lowest BCUT2D eigenvalue weighted by molar-refractivity contribution is -0.148. The van der Waals surface area contributed by atoms with Crippen molar-refractivity contribution in [2.24, 2.45) is 0 Å². The Balaban J connectivity index is 1.65. The van der Waals surface area contributed by atoms with Crippen LogP contribution in [0.4, 0.5) is 5.69 Å². The van der Waals surface area contributed by atoms with Crippen LogP contribution in [0.15, 0.2) is 18.2 Å². The Bertz CT molecular complexity index is 718.